The molecule has 2 unspecified atom stereocenters. The maximum atomic E-state index is 12.1. The summed E-state index contributed by atoms with van der Waals surface area (Å²) in [7, 11) is 3.08. The first-order valence-electron chi connectivity index (χ1n) is 6.14. The summed E-state index contributed by atoms with van der Waals surface area (Å²) in [6, 6.07) is 5.14. The lowest BCUT2D eigenvalue weighted by atomic mass is 10.1. The number of likely N-dealkylation sites (N-methyl/N-ethyl adjacent to an activating group) is 1. The van der Waals surface area contributed by atoms with Gasteiger partial charge < -0.3 is 15.4 Å². The molecule has 1 aromatic carbocycles. The van der Waals surface area contributed by atoms with E-state index in [4.69, 9.17) is 10.5 Å². The lowest BCUT2D eigenvalue weighted by Crippen LogP contribution is -2.45. The van der Waals surface area contributed by atoms with Gasteiger partial charge in [-0.25, -0.2) is 0 Å². The summed E-state index contributed by atoms with van der Waals surface area (Å²) in [5, 5.41) is 10.8. The average molecular weight is 281 g/mol. The normalized spacial score (nSPS) is 13.6. The summed E-state index contributed by atoms with van der Waals surface area (Å²) in [5.41, 5.74) is 6.38. The van der Waals surface area contributed by atoms with Crippen molar-refractivity contribution in [1.82, 2.24) is 4.90 Å². The molecule has 2 N–H and O–H groups in total. The number of nitro benzene ring substituents is 1. The minimum absolute atomic E-state index is 0.00334. The summed E-state index contributed by atoms with van der Waals surface area (Å²) >= 11 is 0. The van der Waals surface area contributed by atoms with Crippen LogP contribution >= 0.6 is 0 Å². The van der Waals surface area contributed by atoms with Crippen molar-refractivity contribution in [1.29, 1.82) is 0 Å². The predicted molar refractivity (Wildman–Crippen MR) is 74.1 cm³/mol. The van der Waals surface area contributed by atoms with E-state index >= 15 is 0 Å². The second kappa shape index (κ2) is 6.97. The standard InChI is InChI=1S/C13H19N3O4/c1-9(15(2)13(17)12(14)8-20-3)10-5-4-6-11(7-10)16(18)19/h4-7,9,12H,8,14H2,1-3H3. The molecule has 0 fully saturated rings. The fourth-order valence-electron chi connectivity index (χ4n) is 1.83. The summed E-state index contributed by atoms with van der Waals surface area (Å²) in [4.78, 5) is 23.8. The van der Waals surface area contributed by atoms with Crippen LogP contribution in [0.4, 0.5) is 5.69 Å². The molecule has 1 amide bonds. The van der Waals surface area contributed by atoms with Gasteiger partial charge >= 0.3 is 0 Å². The van der Waals surface area contributed by atoms with Gasteiger partial charge in [0.15, 0.2) is 0 Å². The Hall–Kier alpha value is -1.99. The van der Waals surface area contributed by atoms with Gasteiger partial charge in [-0.1, -0.05) is 12.1 Å². The summed E-state index contributed by atoms with van der Waals surface area (Å²) in [5.74, 6) is -0.272. The number of nitro groups is 1. The Labute approximate surface area is 117 Å². The van der Waals surface area contributed by atoms with Crippen molar-refractivity contribution in [2.24, 2.45) is 5.73 Å². The van der Waals surface area contributed by atoms with Crippen molar-refractivity contribution in [2.75, 3.05) is 20.8 Å². The van der Waals surface area contributed by atoms with Gasteiger partial charge in [0.2, 0.25) is 5.91 Å². The van der Waals surface area contributed by atoms with Crippen molar-refractivity contribution in [2.45, 2.75) is 19.0 Å². The van der Waals surface area contributed by atoms with Gasteiger partial charge in [0.05, 0.1) is 17.6 Å². The minimum Gasteiger partial charge on any atom is -0.383 e. The Morgan fingerprint density at radius 1 is 1.55 bits per heavy atom. The van der Waals surface area contributed by atoms with Gasteiger partial charge in [0.25, 0.3) is 5.69 Å². The average Bonchev–Trinajstić information content (AvgIpc) is 2.45. The van der Waals surface area contributed by atoms with E-state index in [1.54, 1.807) is 26.1 Å². The number of hydrogen-bond acceptors (Lipinski definition) is 5. The minimum atomic E-state index is -0.744. The zero-order valence-electron chi connectivity index (χ0n) is 11.8. The number of nitrogens with two attached hydrogens (primary N) is 1. The molecule has 7 heteroatoms. The molecule has 0 radical (unpaired) electrons. The highest BCUT2D eigenvalue weighted by atomic mass is 16.6. The molecule has 110 valence electrons. The zero-order chi connectivity index (χ0) is 15.3. The molecule has 0 aliphatic heterocycles. The van der Waals surface area contributed by atoms with Gasteiger partial charge in [0.1, 0.15) is 6.04 Å². The van der Waals surface area contributed by atoms with Crippen LogP contribution < -0.4 is 5.73 Å². The number of carbonyl (C=O) groups is 1. The SMILES string of the molecule is COCC(N)C(=O)N(C)C(C)c1cccc([N+](=O)[O-])c1. The van der Waals surface area contributed by atoms with Crippen molar-refractivity contribution in [3.8, 4) is 0 Å². The zero-order valence-corrected chi connectivity index (χ0v) is 11.8. The lowest BCUT2D eigenvalue weighted by molar-refractivity contribution is -0.384. The van der Waals surface area contributed by atoms with E-state index < -0.39 is 11.0 Å². The van der Waals surface area contributed by atoms with E-state index in [9.17, 15) is 14.9 Å². The van der Waals surface area contributed by atoms with Crippen molar-refractivity contribution in [3.05, 3.63) is 39.9 Å². The third-order valence-corrected chi connectivity index (χ3v) is 3.16. The topological polar surface area (TPSA) is 98.7 Å². The number of benzene rings is 1. The van der Waals surface area contributed by atoms with Crippen molar-refractivity contribution in [3.63, 3.8) is 0 Å². The number of non-ortho nitro benzene ring substituents is 1. The number of hydrogen-bond donors (Lipinski definition) is 1. The van der Waals surface area contributed by atoms with Gasteiger partial charge in [-0.05, 0) is 12.5 Å². The third kappa shape index (κ3) is 3.75. The molecule has 0 aliphatic carbocycles. The Morgan fingerprint density at radius 3 is 2.75 bits per heavy atom. The molecule has 2 atom stereocenters. The molecule has 0 bridgehead atoms. The Balaban J connectivity index is 2.88. The highest BCUT2D eigenvalue weighted by molar-refractivity contribution is 5.82. The number of carbonyl (C=O) groups excluding carboxylic acids is 1. The summed E-state index contributed by atoms with van der Waals surface area (Å²) in [6.45, 7) is 1.92. The van der Waals surface area contributed by atoms with E-state index in [0.717, 1.165) is 0 Å². The van der Waals surface area contributed by atoms with E-state index in [-0.39, 0.29) is 24.2 Å². The molecule has 0 saturated carbocycles. The molecule has 1 rings (SSSR count). The van der Waals surface area contributed by atoms with Gasteiger partial charge in [-0.2, -0.15) is 0 Å². The fourth-order valence-corrected chi connectivity index (χ4v) is 1.83. The lowest BCUT2D eigenvalue weighted by Gasteiger charge is -2.27. The first kappa shape index (κ1) is 16.1. The number of amides is 1. The smallest absolute Gasteiger partial charge is 0.269 e. The molecule has 1 aromatic rings. The van der Waals surface area contributed by atoms with Gasteiger partial charge in [-0.3, -0.25) is 14.9 Å². The van der Waals surface area contributed by atoms with E-state index in [1.165, 1.54) is 24.1 Å². The molecule has 0 spiro atoms. The van der Waals surface area contributed by atoms with Crippen LogP contribution in [0.3, 0.4) is 0 Å². The maximum absolute atomic E-state index is 12.1. The monoisotopic (exact) mass is 281 g/mol. The summed E-state index contributed by atoms with van der Waals surface area (Å²) < 4.78 is 4.85. The number of methoxy groups -OCH3 is 1. The number of nitrogens with zero attached hydrogens (tertiary/aromatic N) is 2. The van der Waals surface area contributed by atoms with Gasteiger partial charge in [-0.15, -0.1) is 0 Å². The van der Waals surface area contributed by atoms with Gasteiger partial charge in [0, 0.05) is 26.3 Å². The first-order valence-corrected chi connectivity index (χ1v) is 6.14. The van der Waals surface area contributed by atoms with Crippen LogP contribution in [-0.2, 0) is 9.53 Å². The van der Waals surface area contributed by atoms with E-state index in [2.05, 4.69) is 0 Å². The molecule has 0 aliphatic rings. The van der Waals surface area contributed by atoms with Crippen LogP contribution in [0.1, 0.15) is 18.5 Å². The molecule has 0 aromatic heterocycles. The molecular weight excluding hydrogens is 262 g/mol. The second-order valence-electron chi connectivity index (χ2n) is 4.54. The van der Waals surface area contributed by atoms with Crippen LogP contribution in [0.2, 0.25) is 0 Å². The number of rotatable bonds is 6. The highest BCUT2D eigenvalue weighted by Gasteiger charge is 2.23. The van der Waals surface area contributed by atoms with Crippen molar-refractivity contribution < 1.29 is 14.5 Å². The Bertz CT molecular complexity index is 492. The predicted octanol–water partition coefficient (Wildman–Crippen LogP) is 1.09. The van der Waals surface area contributed by atoms with E-state index in [0.29, 0.717) is 5.56 Å². The Morgan fingerprint density at radius 2 is 2.20 bits per heavy atom. The maximum Gasteiger partial charge on any atom is 0.269 e. The van der Waals surface area contributed by atoms with Crippen LogP contribution in [0, 0.1) is 10.1 Å². The fraction of sp³-hybridized carbons (Fsp3) is 0.462. The molecule has 0 saturated heterocycles. The Kier molecular flexibility index (Phi) is 5.60. The molecular formula is C13H19N3O4. The first-order chi connectivity index (χ1) is 9.38. The molecule has 7 nitrogen and oxygen atoms in total. The molecule has 20 heavy (non-hydrogen) atoms. The van der Waals surface area contributed by atoms with E-state index in [1.807, 2.05) is 0 Å². The quantitative estimate of drug-likeness (QED) is 0.621. The third-order valence-electron chi connectivity index (χ3n) is 3.16. The summed E-state index contributed by atoms with van der Waals surface area (Å²) in [6.07, 6.45) is 0. The highest BCUT2D eigenvalue weighted by Crippen LogP contribution is 2.23. The van der Waals surface area contributed by atoms with Crippen LogP contribution in [-0.4, -0.2) is 42.5 Å². The van der Waals surface area contributed by atoms with Crippen molar-refractivity contribution >= 4 is 11.6 Å². The largest absolute Gasteiger partial charge is 0.383 e. The van der Waals surface area contributed by atoms with Crippen LogP contribution in [0.25, 0.3) is 0 Å². The second-order valence-corrected chi connectivity index (χ2v) is 4.54. The van der Waals surface area contributed by atoms with Crippen LogP contribution in [0.15, 0.2) is 24.3 Å². The number of ether oxygens (including phenoxy) is 1. The van der Waals surface area contributed by atoms with Crippen LogP contribution in [0.5, 0.6) is 0 Å². The molecule has 0 heterocycles.